The van der Waals surface area contributed by atoms with Gasteiger partial charge in [-0.3, -0.25) is 4.79 Å². The number of carbonyl (C=O) groups is 3. The van der Waals surface area contributed by atoms with E-state index < -0.39 is 29.7 Å². The van der Waals surface area contributed by atoms with Crippen LogP contribution in [0, 0.1) is 11.8 Å². The van der Waals surface area contributed by atoms with Gasteiger partial charge in [0.25, 0.3) is 0 Å². The van der Waals surface area contributed by atoms with Gasteiger partial charge in [-0.15, -0.1) is 0 Å². The van der Waals surface area contributed by atoms with Crippen molar-refractivity contribution in [3.05, 3.63) is 42.0 Å². The number of carboxylic acid groups (broad SMARTS) is 1. The summed E-state index contributed by atoms with van der Waals surface area (Å²) in [5.41, 5.74) is 0.515. The number of carbonyl (C=O) groups excluding carboxylic acids is 3. The molecule has 0 unspecified atom stereocenters. The summed E-state index contributed by atoms with van der Waals surface area (Å²) >= 11 is 0. The molecule has 0 radical (unpaired) electrons. The number of aliphatic carboxylic acids is 1. The topological polar surface area (TPSA) is 95.5 Å². The summed E-state index contributed by atoms with van der Waals surface area (Å²) in [6.45, 7) is 0. The van der Waals surface area contributed by atoms with Crippen LogP contribution in [0.3, 0.4) is 0 Å². The molecule has 1 aromatic rings. The first kappa shape index (κ1) is 15.8. The minimum Gasteiger partial charge on any atom is -0.550 e. The maximum Gasteiger partial charge on any atom is 0.339 e. The average Bonchev–Trinajstić information content (AvgIpc) is 2.54. The Kier molecular flexibility index (Phi) is 4.93. The maximum absolute atomic E-state index is 12.4. The number of allylic oxidation sites excluding steroid dienone is 2. The van der Waals surface area contributed by atoms with Crippen LogP contribution in [-0.4, -0.2) is 25.0 Å². The Balaban J connectivity index is 2.20. The molecule has 0 heterocycles. The van der Waals surface area contributed by atoms with Crippen LogP contribution >= 0.6 is 0 Å². The van der Waals surface area contributed by atoms with E-state index in [0.29, 0.717) is 12.1 Å². The molecule has 0 spiro atoms. The fourth-order valence-corrected chi connectivity index (χ4v) is 2.47. The number of esters is 1. The van der Waals surface area contributed by atoms with Crippen LogP contribution in [-0.2, 0) is 14.3 Å². The molecule has 0 saturated carbocycles. The standard InChI is InChI=1S/C16H17NO5/c1-22-16(21)12-8-4-5-9-13(12)17-14(18)10-6-2-3-7-11(10)15(19)20/h2-5,8-11H,6-7H2,1H3,(H,17,18)(H,19,20)/p-1/t10-,11-/m0/s1. The van der Waals surface area contributed by atoms with Gasteiger partial charge in [-0.1, -0.05) is 24.3 Å². The van der Waals surface area contributed by atoms with Gasteiger partial charge in [-0.2, -0.15) is 0 Å². The second-order valence-corrected chi connectivity index (χ2v) is 5.00. The van der Waals surface area contributed by atoms with Crippen molar-refractivity contribution >= 4 is 23.5 Å². The second-order valence-electron chi connectivity index (χ2n) is 5.00. The van der Waals surface area contributed by atoms with E-state index in [-0.39, 0.29) is 12.0 Å². The quantitative estimate of drug-likeness (QED) is 0.654. The molecule has 0 aliphatic heterocycles. The zero-order valence-electron chi connectivity index (χ0n) is 12.1. The minimum atomic E-state index is -1.24. The van der Waals surface area contributed by atoms with Crippen molar-refractivity contribution in [2.45, 2.75) is 12.8 Å². The first-order chi connectivity index (χ1) is 10.5. The number of carboxylic acids is 1. The monoisotopic (exact) mass is 302 g/mol. The number of amides is 1. The normalized spacial score (nSPS) is 20.2. The van der Waals surface area contributed by atoms with E-state index >= 15 is 0 Å². The van der Waals surface area contributed by atoms with Gasteiger partial charge in [0.2, 0.25) is 5.91 Å². The Morgan fingerprint density at radius 2 is 1.77 bits per heavy atom. The van der Waals surface area contributed by atoms with Crippen molar-refractivity contribution in [1.82, 2.24) is 0 Å². The van der Waals surface area contributed by atoms with Crippen molar-refractivity contribution in [1.29, 1.82) is 0 Å². The molecule has 0 bridgehead atoms. The Hall–Kier alpha value is -2.63. The molecule has 0 aromatic heterocycles. The van der Waals surface area contributed by atoms with Crippen LogP contribution in [0.1, 0.15) is 23.2 Å². The molecule has 22 heavy (non-hydrogen) atoms. The second kappa shape index (κ2) is 6.89. The van der Waals surface area contributed by atoms with Crippen molar-refractivity contribution < 1.29 is 24.2 Å². The lowest BCUT2D eigenvalue weighted by Crippen LogP contribution is -2.41. The molecular weight excluding hydrogens is 286 g/mol. The van der Waals surface area contributed by atoms with Gasteiger partial charge < -0.3 is 20.0 Å². The Bertz CT molecular complexity index is 623. The summed E-state index contributed by atoms with van der Waals surface area (Å²) in [5.74, 6) is -3.85. The molecule has 1 aromatic carbocycles. The molecule has 116 valence electrons. The smallest absolute Gasteiger partial charge is 0.339 e. The van der Waals surface area contributed by atoms with E-state index in [1.807, 2.05) is 0 Å². The van der Waals surface area contributed by atoms with Gasteiger partial charge in [0.15, 0.2) is 0 Å². The van der Waals surface area contributed by atoms with Gasteiger partial charge in [0.05, 0.1) is 24.3 Å². The highest BCUT2D eigenvalue weighted by Gasteiger charge is 2.30. The molecule has 1 aliphatic carbocycles. The zero-order valence-corrected chi connectivity index (χ0v) is 12.1. The van der Waals surface area contributed by atoms with Gasteiger partial charge in [0, 0.05) is 11.9 Å². The van der Waals surface area contributed by atoms with Crippen LogP contribution < -0.4 is 10.4 Å². The predicted molar refractivity (Wildman–Crippen MR) is 76.8 cm³/mol. The highest BCUT2D eigenvalue weighted by Crippen LogP contribution is 2.27. The summed E-state index contributed by atoms with van der Waals surface area (Å²) in [6, 6.07) is 6.41. The summed E-state index contributed by atoms with van der Waals surface area (Å²) in [5, 5.41) is 13.8. The number of hydrogen-bond acceptors (Lipinski definition) is 5. The number of nitrogens with one attached hydrogen (secondary N) is 1. The van der Waals surface area contributed by atoms with Crippen molar-refractivity contribution in [2.75, 3.05) is 12.4 Å². The number of para-hydroxylation sites is 1. The maximum atomic E-state index is 12.4. The van der Waals surface area contributed by atoms with Crippen molar-refractivity contribution in [2.24, 2.45) is 11.8 Å². The highest BCUT2D eigenvalue weighted by atomic mass is 16.5. The van der Waals surface area contributed by atoms with E-state index in [9.17, 15) is 19.5 Å². The summed E-state index contributed by atoms with van der Waals surface area (Å²) in [7, 11) is 1.25. The third kappa shape index (κ3) is 3.33. The van der Waals surface area contributed by atoms with Crippen molar-refractivity contribution in [3.8, 4) is 0 Å². The molecule has 6 heteroatoms. The lowest BCUT2D eigenvalue weighted by atomic mass is 9.82. The SMILES string of the molecule is COC(=O)c1ccccc1NC(=O)[C@H]1CC=CC[C@@H]1C(=O)[O-]. The molecular formula is C16H16NO5-. The molecule has 1 amide bonds. The highest BCUT2D eigenvalue weighted by molar-refractivity contribution is 6.02. The van der Waals surface area contributed by atoms with Crippen LogP contribution in [0.2, 0.25) is 0 Å². The Labute approximate surface area is 127 Å². The van der Waals surface area contributed by atoms with Crippen LogP contribution in [0.4, 0.5) is 5.69 Å². The molecule has 2 atom stereocenters. The lowest BCUT2D eigenvalue weighted by Gasteiger charge is -2.28. The molecule has 6 nitrogen and oxygen atoms in total. The first-order valence-corrected chi connectivity index (χ1v) is 6.88. The molecule has 1 aliphatic rings. The Morgan fingerprint density at radius 1 is 1.14 bits per heavy atom. The third-order valence-electron chi connectivity index (χ3n) is 3.66. The van der Waals surface area contributed by atoms with Gasteiger partial charge in [0.1, 0.15) is 0 Å². The fourth-order valence-electron chi connectivity index (χ4n) is 2.47. The number of ether oxygens (including phenoxy) is 1. The zero-order chi connectivity index (χ0) is 16.1. The Morgan fingerprint density at radius 3 is 2.41 bits per heavy atom. The summed E-state index contributed by atoms with van der Waals surface area (Å²) in [6.07, 6.45) is 4.09. The van der Waals surface area contributed by atoms with E-state index in [1.165, 1.54) is 13.2 Å². The number of hydrogen-bond donors (Lipinski definition) is 1. The number of rotatable bonds is 4. The van der Waals surface area contributed by atoms with Crippen LogP contribution in [0.15, 0.2) is 36.4 Å². The number of benzene rings is 1. The van der Waals surface area contributed by atoms with Crippen molar-refractivity contribution in [3.63, 3.8) is 0 Å². The summed E-state index contributed by atoms with van der Waals surface area (Å²) in [4.78, 5) is 35.2. The minimum absolute atomic E-state index is 0.217. The van der Waals surface area contributed by atoms with E-state index in [2.05, 4.69) is 10.1 Å². The predicted octanol–water partition coefficient (Wildman–Crippen LogP) is 0.744. The largest absolute Gasteiger partial charge is 0.550 e. The van der Waals surface area contributed by atoms with E-state index in [0.717, 1.165) is 0 Å². The lowest BCUT2D eigenvalue weighted by molar-refractivity contribution is -0.313. The summed E-state index contributed by atoms with van der Waals surface area (Å²) < 4.78 is 4.66. The average molecular weight is 302 g/mol. The number of anilines is 1. The van der Waals surface area contributed by atoms with Gasteiger partial charge in [-0.25, -0.2) is 4.79 Å². The van der Waals surface area contributed by atoms with E-state index in [4.69, 9.17) is 0 Å². The molecule has 0 saturated heterocycles. The van der Waals surface area contributed by atoms with Crippen LogP contribution in [0.5, 0.6) is 0 Å². The first-order valence-electron chi connectivity index (χ1n) is 6.88. The van der Waals surface area contributed by atoms with E-state index in [1.54, 1.807) is 30.4 Å². The van der Waals surface area contributed by atoms with Crippen LogP contribution in [0.25, 0.3) is 0 Å². The van der Waals surface area contributed by atoms with Gasteiger partial charge >= 0.3 is 5.97 Å². The molecule has 1 N–H and O–H groups in total. The number of methoxy groups -OCH3 is 1. The third-order valence-corrected chi connectivity index (χ3v) is 3.66. The molecule has 0 fully saturated rings. The van der Waals surface area contributed by atoms with Gasteiger partial charge in [-0.05, 0) is 25.0 Å². The molecule has 2 rings (SSSR count). The fraction of sp³-hybridized carbons (Fsp3) is 0.312.